The highest BCUT2D eigenvalue weighted by atomic mass is 16.5. The summed E-state index contributed by atoms with van der Waals surface area (Å²) in [5.74, 6) is 1.40. The fourth-order valence-electron chi connectivity index (χ4n) is 1.11. The third-order valence-electron chi connectivity index (χ3n) is 1.80. The average molecular weight is 190 g/mol. The second-order valence-corrected chi connectivity index (χ2v) is 2.88. The van der Waals surface area contributed by atoms with E-state index in [1.807, 2.05) is 30.3 Å². The van der Waals surface area contributed by atoms with Gasteiger partial charge in [-0.2, -0.15) is 0 Å². The summed E-state index contributed by atoms with van der Waals surface area (Å²) in [4.78, 5) is 0. The van der Waals surface area contributed by atoms with Gasteiger partial charge in [-0.3, -0.25) is 0 Å². The van der Waals surface area contributed by atoms with Crippen LogP contribution in [0.4, 0.5) is 5.88 Å². The van der Waals surface area contributed by atoms with Crippen molar-refractivity contribution >= 4 is 5.88 Å². The highest BCUT2D eigenvalue weighted by Gasteiger charge is 2.11. The SMILES string of the molecule is Cc1noc(N)c1Oc1ccccc1. The van der Waals surface area contributed by atoms with Crippen molar-refractivity contribution in [1.29, 1.82) is 0 Å². The topological polar surface area (TPSA) is 61.3 Å². The fourth-order valence-corrected chi connectivity index (χ4v) is 1.11. The van der Waals surface area contributed by atoms with Crippen LogP contribution in [0.2, 0.25) is 0 Å². The molecule has 2 rings (SSSR count). The van der Waals surface area contributed by atoms with Gasteiger partial charge in [0.2, 0.25) is 5.75 Å². The second-order valence-electron chi connectivity index (χ2n) is 2.88. The molecule has 0 unspecified atom stereocenters. The van der Waals surface area contributed by atoms with E-state index in [-0.39, 0.29) is 5.88 Å². The third-order valence-corrected chi connectivity index (χ3v) is 1.80. The van der Waals surface area contributed by atoms with Crippen LogP contribution in [0.25, 0.3) is 0 Å². The van der Waals surface area contributed by atoms with Crippen LogP contribution in [-0.4, -0.2) is 5.16 Å². The van der Waals surface area contributed by atoms with Crippen molar-refractivity contribution in [3.63, 3.8) is 0 Å². The molecule has 0 fully saturated rings. The van der Waals surface area contributed by atoms with E-state index >= 15 is 0 Å². The van der Waals surface area contributed by atoms with Crippen molar-refractivity contribution in [2.45, 2.75) is 6.92 Å². The van der Waals surface area contributed by atoms with E-state index in [9.17, 15) is 0 Å². The normalized spacial score (nSPS) is 10.1. The van der Waals surface area contributed by atoms with Gasteiger partial charge in [0.15, 0.2) is 0 Å². The van der Waals surface area contributed by atoms with Gasteiger partial charge < -0.3 is 15.0 Å². The van der Waals surface area contributed by atoms with Crippen LogP contribution in [0.15, 0.2) is 34.9 Å². The molecule has 0 saturated heterocycles. The van der Waals surface area contributed by atoms with Crippen LogP contribution in [0.1, 0.15) is 5.69 Å². The molecule has 2 aromatic rings. The lowest BCUT2D eigenvalue weighted by Crippen LogP contribution is -1.89. The quantitative estimate of drug-likeness (QED) is 0.789. The molecule has 0 atom stereocenters. The second kappa shape index (κ2) is 3.41. The number of hydrogen-bond donors (Lipinski definition) is 1. The standard InChI is InChI=1S/C10H10N2O2/c1-7-9(10(11)14-12-7)13-8-5-3-2-4-6-8/h2-6H,11H2,1H3. The highest BCUT2D eigenvalue weighted by molar-refractivity contribution is 5.47. The number of aromatic nitrogens is 1. The van der Waals surface area contributed by atoms with E-state index in [1.54, 1.807) is 6.92 Å². The van der Waals surface area contributed by atoms with Crippen molar-refractivity contribution in [3.8, 4) is 11.5 Å². The summed E-state index contributed by atoms with van der Waals surface area (Å²) < 4.78 is 10.3. The maximum Gasteiger partial charge on any atom is 0.265 e. The molecule has 0 saturated carbocycles. The van der Waals surface area contributed by atoms with Crippen molar-refractivity contribution in [2.24, 2.45) is 0 Å². The van der Waals surface area contributed by atoms with Crippen molar-refractivity contribution in [2.75, 3.05) is 5.73 Å². The van der Waals surface area contributed by atoms with E-state index < -0.39 is 0 Å². The Kier molecular flexibility index (Phi) is 2.10. The molecule has 0 spiro atoms. The average Bonchev–Trinajstić information content (AvgIpc) is 2.51. The maximum atomic E-state index is 5.54. The van der Waals surface area contributed by atoms with E-state index in [0.29, 0.717) is 17.2 Å². The molecule has 0 aliphatic heterocycles. The molecule has 0 aliphatic rings. The molecule has 1 aromatic heterocycles. The Morgan fingerprint density at radius 3 is 2.57 bits per heavy atom. The van der Waals surface area contributed by atoms with Gasteiger partial charge in [0, 0.05) is 0 Å². The number of nitrogens with two attached hydrogens (primary N) is 1. The first-order valence-electron chi connectivity index (χ1n) is 4.22. The molecule has 0 amide bonds. The Bertz CT molecular complexity index is 403. The van der Waals surface area contributed by atoms with Gasteiger partial charge in [-0.05, 0) is 19.1 Å². The molecule has 4 heteroatoms. The molecule has 14 heavy (non-hydrogen) atoms. The first-order valence-corrected chi connectivity index (χ1v) is 4.22. The number of benzene rings is 1. The van der Waals surface area contributed by atoms with Gasteiger partial charge in [-0.25, -0.2) is 0 Å². The molecule has 0 bridgehead atoms. The van der Waals surface area contributed by atoms with Gasteiger partial charge in [0.25, 0.3) is 5.88 Å². The molecule has 0 aliphatic carbocycles. The van der Waals surface area contributed by atoms with E-state index in [4.69, 9.17) is 15.0 Å². The zero-order chi connectivity index (χ0) is 9.97. The Labute approximate surface area is 81.3 Å². The minimum absolute atomic E-state index is 0.200. The fraction of sp³-hybridized carbons (Fsp3) is 0.100. The Morgan fingerprint density at radius 1 is 1.29 bits per heavy atom. The predicted molar refractivity (Wildman–Crippen MR) is 52.2 cm³/mol. The van der Waals surface area contributed by atoms with Gasteiger partial charge in [0.05, 0.1) is 0 Å². The molecule has 1 heterocycles. The van der Waals surface area contributed by atoms with Crippen LogP contribution in [-0.2, 0) is 0 Å². The summed E-state index contributed by atoms with van der Waals surface area (Å²) in [5.41, 5.74) is 6.18. The molecule has 0 radical (unpaired) electrons. The van der Waals surface area contributed by atoms with Crippen molar-refractivity contribution in [1.82, 2.24) is 5.16 Å². The first kappa shape index (κ1) is 8.62. The van der Waals surface area contributed by atoms with Crippen molar-refractivity contribution < 1.29 is 9.26 Å². The summed E-state index contributed by atoms with van der Waals surface area (Å²) in [6.45, 7) is 1.78. The van der Waals surface area contributed by atoms with Crippen LogP contribution < -0.4 is 10.5 Å². The molecular weight excluding hydrogens is 180 g/mol. The molecular formula is C10H10N2O2. The number of para-hydroxylation sites is 1. The summed E-state index contributed by atoms with van der Waals surface area (Å²) in [6.07, 6.45) is 0. The zero-order valence-corrected chi connectivity index (χ0v) is 7.73. The van der Waals surface area contributed by atoms with Gasteiger partial charge >= 0.3 is 0 Å². The summed E-state index contributed by atoms with van der Waals surface area (Å²) in [5, 5.41) is 3.69. The van der Waals surface area contributed by atoms with Crippen LogP contribution in [0.3, 0.4) is 0 Å². The Hall–Kier alpha value is -1.97. The number of aryl methyl sites for hydroxylation is 1. The van der Waals surface area contributed by atoms with E-state index in [1.165, 1.54) is 0 Å². The third kappa shape index (κ3) is 1.54. The summed E-state index contributed by atoms with van der Waals surface area (Å²) in [6, 6.07) is 9.36. The van der Waals surface area contributed by atoms with Crippen LogP contribution in [0.5, 0.6) is 11.5 Å². The highest BCUT2D eigenvalue weighted by Crippen LogP contribution is 2.30. The number of anilines is 1. The van der Waals surface area contributed by atoms with Gasteiger partial charge in [-0.1, -0.05) is 23.4 Å². The first-order chi connectivity index (χ1) is 6.77. The van der Waals surface area contributed by atoms with Gasteiger partial charge in [0.1, 0.15) is 11.4 Å². The van der Waals surface area contributed by atoms with Gasteiger partial charge in [-0.15, -0.1) is 0 Å². The number of rotatable bonds is 2. The number of hydrogen-bond acceptors (Lipinski definition) is 4. The summed E-state index contributed by atoms with van der Waals surface area (Å²) in [7, 11) is 0. The lowest BCUT2D eigenvalue weighted by molar-refractivity contribution is 0.426. The molecule has 2 N–H and O–H groups in total. The van der Waals surface area contributed by atoms with Crippen molar-refractivity contribution in [3.05, 3.63) is 36.0 Å². The molecule has 72 valence electrons. The maximum absolute atomic E-state index is 5.54. The Morgan fingerprint density at radius 2 is 2.00 bits per heavy atom. The number of nitrogen functional groups attached to an aromatic ring is 1. The minimum Gasteiger partial charge on any atom is -0.450 e. The molecule has 1 aromatic carbocycles. The predicted octanol–water partition coefficient (Wildman–Crippen LogP) is 2.36. The minimum atomic E-state index is 0.200. The van der Waals surface area contributed by atoms with Crippen LogP contribution in [0, 0.1) is 6.92 Å². The lowest BCUT2D eigenvalue weighted by Gasteiger charge is -2.02. The zero-order valence-electron chi connectivity index (χ0n) is 7.73. The molecule has 4 nitrogen and oxygen atoms in total. The summed E-state index contributed by atoms with van der Waals surface area (Å²) >= 11 is 0. The smallest absolute Gasteiger partial charge is 0.265 e. The van der Waals surface area contributed by atoms with E-state index in [0.717, 1.165) is 0 Å². The number of nitrogens with zero attached hydrogens (tertiary/aromatic N) is 1. The van der Waals surface area contributed by atoms with E-state index in [2.05, 4.69) is 5.16 Å². The Balaban J connectivity index is 2.27. The number of ether oxygens (including phenoxy) is 1. The lowest BCUT2D eigenvalue weighted by atomic mass is 10.3. The van der Waals surface area contributed by atoms with Crippen LogP contribution >= 0.6 is 0 Å². The monoisotopic (exact) mass is 190 g/mol. The largest absolute Gasteiger partial charge is 0.450 e.